The first kappa shape index (κ1) is 18.7. The first-order chi connectivity index (χ1) is 13.1. The summed E-state index contributed by atoms with van der Waals surface area (Å²) in [4.78, 5) is 14.4. The second-order valence-corrected chi connectivity index (χ2v) is 7.04. The standard InChI is InChI=1S/C22H17FN2OS/c1-15(16-10-12-18(23)13-11-16)25-22(26)19-7-3-5-9-21(19)27-20-8-4-2-6-17(20)14-24/h2-13,15H,1H3,(H,25,26)/t15-/m1/s1. The molecule has 3 aromatic carbocycles. The van der Waals surface area contributed by atoms with Crippen LogP contribution >= 0.6 is 11.8 Å². The van der Waals surface area contributed by atoms with Crippen LogP contribution in [0.2, 0.25) is 0 Å². The van der Waals surface area contributed by atoms with E-state index in [0.29, 0.717) is 11.1 Å². The van der Waals surface area contributed by atoms with Crippen LogP contribution in [0.3, 0.4) is 0 Å². The molecule has 0 saturated heterocycles. The van der Waals surface area contributed by atoms with Crippen LogP contribution in [0.4, 0.5) is 4.39 Å². The van der Waals surface area contributed by atoms with Gasteiger partial charge in [-0.3, -0.25) is 4.79 Å². The van der Waals surface area contributed by atoms with E-state index in [-0.39, 0.29) is 17.8 Å². The van der Waals surface area contributed by atoms with Crippen molar-refractivity contribution in [3.05, 3.63) is 95.3 Å². The molecule has 0 aliphatic heterocycles. The number of nitrogens with zero attached hydrogens (tertiary/aromatic N) is 1. The van der Waals surface area contributed by atoms with Crippen LogP contribution in [0.5, 0.6) is 0 Å². The minimum atomic E-state index is -0.310. The molecule has 1 amide bonds. The first-order valence-electron chi connectivity index (χ1n) is 8.41. The molecule has 1 atom stereocenters. The lowest BCUT2D eigenvalue weighted by Gasteiger charge is -2.16. The molecule has 0 aliphatic rings. The molecule has 0 aromatic heterocycles. The highest BCUT2D eigenvalue weighted by Crippen LogP contribution is 2.32. The third-order valence-electron chi connectivity index (χ3n) is 4.08. The molecule has 5 heteroatoms. The lowest BCUT2D eigenvalue weighted by molar-refractivity contribution is 0.0937. The van der Waals surface area contributed by atoms with E-state index in [9.17, 15) is 14.4 Å². The Morgan fingerprint density at radius 3 is 2.33 bits per heavy atom. The van der Waals surface area contributed by atoms with Crippen LogP contribution in [-0.4, -0.2) is 5.91 Å². The lowest BCUT2D eigenvalue weighted by atomic mass is 10.1. The highest BCUT2D eigenvalue weighted by Gasteiger charge is 2.16. The maximum Gasteiger partial charge on any atom is 0.252 e. The molecule has 0 radical (unpaired) electrons. The summed E-state index contributed by atoms with van der Waals surface area (Å²) in [6, 6.07) is 22.5. The van der Waals surface area contributed by atoms with Crippen LogP contribution in [-0.2, 0) is 0 Å². The maximum atomic E-state index is 13.1. The zero-order valence-corrected chi connectivity index (χ0v) is 15.5. The Morgan fingerprint density at radius 2 is 1.63 bits per heavy atom. The minimum Gasteiger partial charge on any atom is -0.345 e. The van der Waals surface area contributed by atoms with Crippen molar-refractivity contribution in [2.75, 3.05) is 0 Å². The van der Waals surface area contributed by atoms with Gasteiger partial charge in [-0.1, -0.05) is 48.2 Å². The first-order valence-corrected chi connectivity index (χ1v) is 9.22. The molecule has 0 spiro atoms. The molecule has 0 fully saturated rings. The van der Waals surface area contributed by atoms with E-state index < -0.39 is 0 Å². The van der Waals surface area contributed by atoms with E-state index in [4.69, 9.17) is 0 Å². The fourth-order valence-corrected chi connectivity index (χ4v) is 3.64. The van der Waals surface area contributed by atoms with Crippen LogP contribution in [0, 0.1) is 17.1 Å². The number of nitriles is 1. The summed E-state index contributed by atoms with van der Waals surface area (Å²) in [5.74, 6) is -0.528. The van der Waals surface area contributed by atoms with E-state index in [0.717, 1.165) is 15.4 Å². The van der Waals surface area contributed by atoms with Gasteiger partial charge in [0.25, 0.3) is 5.91 Å². The minimum absolute atomic E-state index is 0.218. The zero-order chi connectivity index (χ0) is 19.2. The normalized spacial score (nSPS) is 11.4. The van der Waals surface area contributed by atoms with Crippen molar-refractivity contribution in [3.63, 3.8) is 0 Å². The fourth-order valence-electron chi connectivity index (χ4n) is 2.62. The number of carbonyl (C=O) groups is 1. The Morgan fingerprint density at radius 1 is 1.00 bits per heavy atom. The third kappa shape index (κ3) is 4.55. The van der Waals surface area contributed by atoms with Gasteiger partial charge in [-0.25, -0.2) is 4.39 Å². The molecule has 0 bridgehead atoms. The highest BCUT2D eigenvalue weighted by molar-refractivity contribution is 7.99. The molecule has 0 unspecified atom stereocenters. The summed E-state index contributed by atoms with van der Waals surface area (Å²) in [6.07, 6.45) is 0. The summed E-state index contributed by atoms with van der Waals surface area (Å²) in [5.41, 5.74) is 1.92. The topological polar surface area (TPSA) is 52.9 Å². The van der Waals surface area contributed by atoms with Crippen LogP contribution in [0.1, 0.15) is 34.5 Å². The molecular weight excluding hydrogens is 359 g/mol. The molecule has 3 nitrogen and oxygen atoms in total. The fraction of sp³-hybridized carbons (Fsp3) is 0.0909. The van der Waals surface area contributed by atoms with Crippen molar-refractivity contribution in [1.82, 2.24) is 5.32 Å². The van der Waals surface area contributed by atoms with Crippen LogP contribution in [0.25, 0.3) is 0 Å². The Bertz CT molecular complexity index is 996. The maximum absolute atomic E-state index is 13.1. The molecule has 0 saturated carbocycles. The van der Waals surface area contributed by atoms with Gasteiger partial charge in [0.05, 0.1) is 17.2 Å². The summed E-state index contributed by atoms with van der Waals surface area (Å²) < 4.78 is 13.1. The molecule has 27 heavy (non-hydrogen) atoms. The predicted molar refractivity (Wildman–Crippen MR) is 104 cm³/mol. The van der Waals surface area contributed by atoms with Gasteiger partial charge in [-0.15, -0.1) is 0 Å². The molecule has 1 N–H and O–H groups in total. The Hall–Kier alpha value is -3.10. The molecular formula is C22H17FN2OS. The van der Waals surface area contributed by atoms with Crippen LogP contribution in [0.15, 0.2) is 82.6 Å². The number of hydrogen-bond acceptors (Lipinski definition) is 3. The monoisotopic (exact) mass is 376 g/mol. The van der Waals surface area contributed by atoms with Gasteiger partial charge in [0, 0.05) is 9.79 Å². The smallest absolute Gasteiger partial charge is 0.252 e. The van der Waals surface area contributed by atoms with Gasteiger partial charge in [0.15, 0.2) is 0 Å². The van der Waals surface area contributed by atoms with Crippen LogP contribution < -0.4 is 5.32 Å². The average molecular weight is 376 g/mol. The van der Waals surface area contributed by atoms with E-state index >= 15 is 0 Å². The van der Waals surface area contributed by atoms with Crippen molar-refractivity contribution in [3.8, 4) is 6.07 Å². The summed E-state index contributed by atoms with van der Waals surface area (Å²) in [7, 11) is 0. The van der Waals surface area contributed by atoms with Gasteiger partial charge in [0.1, 0.15) is 11.9 Å². The molecule has 0 aliphatic carbocycles. The van der Waals surface area contributed by atoms with Crippen molar-refractivity contribution < 1.29 is 9.18 Å². The van der Waals surface area contributed by atoms with E-state index in [2.05, 4.69) is 11.4 Å². The molecule has 0 heterocycles. The average Bonchev–Trinajstić information content (AvgIpc) is 2.69. The van der Waals surface area contributed by atoms with Crippen molar-refractivity contribution >= 4 is 17.7 Å². The zero-order valence-electron chi connectivity index (χ0n) is 14.6. The lowest BCUT2D eigenvalue weighted by Crippen LogP contribution is -2.27. The van der Waals surface area contributed by atoms with Crippen molar-refractivity contribution in [2.24, 2.45) is 0 Å². The summed E-state index contributed by atoms with van der Waals surface area (Å²) >= 11 is 1.39. The number of benzene rings is 3. The number of rotatable bonds is 5. The van der Waals surface area contributed by atoms with Gasteiger partial charge in [-0.05, 0) is 48.9 Å². The number of amides is 1. The SMILES string of the molecule is C[C@@H](NC(=O)c1ccccc1Sc1ccccc1C#N)c1ccc(F)cc1. The largest absolute Gasteiger partial charge is 0.345 e. The molecule has 3 aromatic rings. The third-order valence-corrected chi connectivity index (χ3v) is 5.23. The van der Waals surface area contributed by atoms with E-state index in [1.165, 1.54) is 23.9 Å². The Kier molecular flexibility index (Phi) is 5.90. The van der Waals surface area contributed by atoms with Gasteiger partial charge in [0.2, 0.25) is 0 Å². The highest BCUT2D eigenvalue weighted by atomic mass is 32.2. The quantitative estimate of drug-likeness (QED) is 0.654. The Labute approximate surface area is 161 Å². The van der Waals surface area contributed by atoms with E-state index in [1.54, 1.807) is 30.3 Å². The number of carbonyl (C=O) groups excluding carboxylic acids is 1. The van der Waals surface area contributed by atoms with Crippen molar-refractivity contribution in [1.29, 1.82) is 5.26 Å². The molecule has 134 valence electrons. The number of hydrogen-bond donors (Lipinski definition) is 1. The molecule has 3 rings (SSSR count). The summed E-state index contributed by atoms with van der Waals surface area (Å²) in [5, 5.41) is 12.2. The number of nitrogens with one attached hydrogen (secondary N) is 1. The summed E-state index contributed by atoms with van der Waals surface area (Å²) in [6.45, 7) is 1.85. The van der Waals surface area contributed by atoms with Gasteiger partial charge < -0.3 is 5.32 Å². The predicted octanol–water partition coefficient (Wildman–Crippen LogP) is 5.34. The van der Waals surface area contributed by atoms with Gasteiger partial charge in [-0.2, -0.15) is 5.26 Å². The second kappa shape index (κ2) is 8.52. The number of halogens is 1. The Balaban J connectivity index is 1.81. The van der Waals surface area contributed by atoms with Crippen molar-refractivity contribution in [2.45, 2.75) is 22.8 Å². The van der Waals surface area contributed by atoms with Gasteiger partial charge >= 0.3 is 0 Å². The second-order valence-electron chi connectivity index (χ2n) is 5.95. The van der Waals surface area contributed by atoms with E-state index in [1.807, 2.05) is 37.3 Å².